The summed E-state index contributed by atoms with van der Waals surface area (Å²) in [5.74, 6) is 0.619. The molecular formula is C62H46N4O. The number of benzene rings is 9. The van der Waals surface area contributed by atoms with Crippen LogP contribution in [0.4, 0.5) is 0 Å². The average molecular weight is 863 g/mol. The minimum absolute atomic E-state index is 0.0212. The summed E-state index contributed by atoms with van der Waals surface area (Å²) in [5.41, 5.74) is 14.9. The molecule has 67 heavy (non-hydrogen) atoms. The molecule has 0 bridgehead atoms. The lowest BCUT2D eigenvalue weighted by molar-refractivity contribution is 0.334. The Balaban J connectivity index is 1.12. The van der Waals surface area contributed by atoms with Gasteiger partial charge in [0.25, 0.3) is 0 Å². The zero-order valence-corrected chi connectivity index (χ0v) is 37.9. The van der Waals surface area contributed by atoms with E-state index in [-0.39, 0.29) is 10.8 Å². The Labute approximate surface area is 387 Å². The van der Waals surface area contributed by atoms with Crippen LogP contribution in [0.25, 0.3) is 121 Å². The highest BCUT2D eigenvalue weighted by molar-refractivity contribution is 6.26. The highest BCUT2D eigenvalue weighted by Gasteiger charge is 2.40. The van der Waals surface area contributed by atoms with Gasteiger partial charge in [0.1, 0.15) is 16.8 Å². The summed E-state index contributed by atoms with van der Waals surface area (Å²) in [6.45, 7) is 9.72. The Kier molecular flexibility index (Phi) is 7.86. The molecule has 0 spiro atoms. The summed E-state index contributed by atoms with van der Waals surface area (Å²) in [6.07, 6.45) is 2.23. The topological polar surface area (TPSA) is 48.8 Å². The minimum atomic E-state index is -0.0641. The van der Waals surface area contributed by atoms with E-state index in [9.17, 15) is 0 Å². The number of fused-ring (bicyclic) bond motifs is 14. The zero-order chi connectivity index (χ0) is 44.8. The molecule has 4 aromatic heterocycles. The third-order valence-electron chi connectivity index (χ3n) is 15.1. The van der Waals surface area contributed by atoms with E-state index in [0.717, 1.165) is 68.2 Å². The Hall–Kier alpha value is -8.02. The van der Waals surface area contributed by atoms with Crippen LogP contribution in [0, 0.1) is 0 Å². The van der Waals surface area contributed by atoms with Gasteiger partial charge >= 0.3 is 0 Å². The Bertz CT molecular complexity index is 4210. The average Bonchev–Trinajstić information content (AvgIpc) is 4.02. The van der Waals surface area contributed by atoms with Crippen molar-refractivity contribution < 1.29 is 4.42 Å². The summed E-state index contributed by atoms with van der Waals surface area (Å²) < 4.78 is 11.5. The second-order valence-electron chi connectivity index (χ2n) is 20.0. The number of hydrogen-bond acceptors (Lipinski definition) is 3. The summed E-state index contributed by atoms with van der Waals surface area (Å²) in [4.78, 5) is 11.2. The minimum Gasteiger partial charge on any atom is -0.452 e. The quantitative estimate of drug-likeness (QED) is 0.177. The molecular weight excluding hydrogens is 817 g/mol. The maximum atomic E-state index is 6.75. The highest BCUT2D eigenvalue weighted by Crippen LogP contribution is 2.52. The van der Waals surface area contributed by atoms with Gasteiger partial charge in [-0.15, -0.1) is 0 Å². The fraction of sp³-hybridized carbons (Fsp3) is 0.129. The second kappa shape index (κ2) is 13.8. The van der Waals surface area contributed by atoms with Crippen LogP contribution < -0.4 is 0 Å². The second-order valence-corrected chi connectivity index (χ2v) is 20.0. The zero-order valence-electron chi connectivity index (χ0n) is 37.9. The molecule has 5 nitrogen and oxygen atoms in total. The van der Waals surface area contributed by atoms with Crippen molar-refractivity contribution in [2.24, 2.45) is 0 Å². The van der Waals surface area contributed by atoms with E-state index < -0.39 is 0 Å². The van der Waals surface area contributed by atoms with Gasteiger partial charge in [0.15, 0.2) is 5.58 Å². The first kappa shape index (κ1) is 38.3. The molecule has 0 saturated carbocycles. The summed E-state index contributed by atoms with van der Waals surface area (Å²) in [7, 11) is 0. The van der Waals surface area contributed by atoms with E-state index >= 15 is 0 Å². The predicted octanol–water partition coefficient (Wildman–Crippen LogP) is 16.6. The molecule has 4 heterocycles. The molecule has 0 fully saturated rings. The first-order valence-electron chi connectivity index (χ1n) is 23.5. The number of hydrogen-bond donors (Lipinski definition) is 0. The molecule has 0 N–H and O–H groups in total. The van der Waals surface area contributed by atoms with E-state index in [1.807, 2.05) is 12.1 Å². The van der Waals surface area contributed by atoms with Crippen LogP contribution in [-0.4, -0.2) is 19.1 Å². The van der Waals surface area contributed by atoms with Crippen molar-refractivity contribution >= 4 is 87.2 Å². The van der Waals surface area contributed by atoms with Crippen LogP contribution in [0.2, 0.25) is 0 Å². The Morgan fingerprint density at radius 2 is 1.07 bits per heavy atom. The highest BCUT2D eigenvalue weighted by atomic mass is 16.3. The van der Waals surface area contributed by atoms with E-state index in [1.165, 1.54) is 65.5 Å². The molecule has 1 aliphatic carbocycles. The molecule has 0 aliphatic heterocycles. The van der Waals surface area contributed by atoms with Gasteiger partial charge in [0.2, 0.25) is 5.95 Å². The normalized spacial score (nSPS) is 14.7. The Morgan fingerprint density at radius 3 is 1.90 bits per heavy atom. The van der Waals surface area contributed by atoms with Crippen molar-refractivity contribution in [3.63, 3.8) is 0 Å². The SMILES string of the molecule is CC1(C)CCC(C)(C)c2c1ccc1c2c2cc3c4c5ccccc5ccc4n(-c4ccccc4)c3cc2n1-c1nc(-c2ccc3cc(-c4ccccc4)ccc3c2)c2oc3ccccc3c2n1. The van der Waals surface area contributed by atoms with E-state index in [0.29, 0.717) is 11.5 Å². The molecule has 0 amide bonds. The van der Waals surface area contributed by atoms with E-state index in [1.54, 1.807) is 0 Å². The molecule has 320 valence electrons. The van der Waals surface area contributed by atoms with Crippen molar-refractivity contribution in [1.82, 2.24) is 19.1 Å². The van der Waals surface area contributed by atoms with Crippen molar-refractivity contribution in [3.8, 4) is 34.0 Å². The lowest BCUT2D eigenvalue weighted by Crippen LogP contribution is -2.34. The van der Waals surface area contributed by atoms with Gasteiger partial charge in [-0.2, -0.15) is 0 Å². The number of aromatic nitrogens is 4. The van der Waals surface area contributed by atoms with Gasteiger partial charge in [-0.3, -0.25) is 4.57 Å². The summed E-state index contributed by atoms with van der Waals surface area (Å²) in [6, 6.07) is 66.0. The van der Waals surface area contributed by atoms with Crippen LogP contribution in [-0.2, 0) is 10.8 Å². The molecule has 5 heteroatoms. The molecule has 14 rings (SSSR count). The van der Waals surface area contributed by atoms with Crippen LogP contribution in [0.5, 0.6) is 0 Å². The summed E-state index contributed by atoms with van der Waals surface area (Å²) >= 11 is 0. The molecule has 0 atom stereocenters. The maximum Gasteiger partial charge on any atom is 0.236 e. The standard InChI is InChI=1S/C62H46N4O/c1-61(2)31-32-62(3,4)56-48(61)28-30-50-55(56)47-35-46-51(65(43-18-9-6-10-19-43)49-29-27-38-17-11-12-20-44(38)54(46)49)36-52(47)66(50)60-63-57(59-58(64-60)45-21-13-14-22-53(45)67-59)42-26-25-40-33-39(23-24-41(40)34-42)37-15-7-5-8-16-37/h5-30,33-36H,31-32H2,1-4H3. The molecule has 0 unspecified atom stereocenters. The fourth-order valence-electron chi connectivity index (χ4n) is 11.7. The number of para-hydroxylation sites is 2. The smallest absolute Gasteiger partial charge is 0.236 e. The van der Waals surface area contributed by atoms with Gasteiger partial charge in [-0.1, -0.05) is 149 Å². The molecule has 1 aliphatic rings. The van der Waals surface area contributed by atoms with Crippen LogP contribution in [0.3, 0.4) is 0 Å². The van der Waals surface area contributed by atoms with Crippen molar-refractivity contribution in [3.05, 3.63) is 193 Å². The largest absolute Gasteiger partial charge is 0.452 e. The van der Waals surface area contributed by atoms with Crippen molar-refractivity contribution in [1.29, 1.82) is 0 Å². The first-order chi connectivity index (χ1) is 32.7. The van der Waals surface area contributed by atoms with Gasteiger partial charge in [0, 0.05) is 38.2 Å². The predicted molar refractivity (Wildman–Crippen MR) is 279 cm³/mol. The monoisotopic (exact) mass is 862 g/mol. The van der Waals surface area contributed by atoms with Gasteiger partial charge in [0.05, 0.1) is 22.1 Å². The Morgan fingerprint density at radius 1 is 0.448 bits per heavy atom. The van der Waals surface area contributed by atoms with Crippen LogP contribution in [0.15, 0.2) is 186 Å². The van der Waals surface area contributed by atoms with Gasteiger partial charge < -0.3 is 8.98 Å². The van der Waals surface area contributed by atoms with Crippen LogP contribution >= 0.6 is 0 Å². The lowest BCUT2D eigenvalue weighted by Gasteiger charge is -2.42. The van der Waals surface area contributed by atoms with Gasteiger partial charge in [-0.05, 0) is 128 Å². The molecule has 0 saturated heterocycles. The third-order valence-corrected chi connectivity index (χ3v) is 15.1. The molecule has 0 radical (unpaired) electrons. The third kappa shape index (κ3) is 5.55. The van der Waals surface area contributed by atoms with Gasteiger partial charge in [-0.25, -0.2) is 9.97 Å². The fourth-order valence-corrected chi connectivity index (χ4v) is 11.7. The lowest BCUT2D eigenvalue weighted by atomic mass is 9.62. The number of furan rings is 1. The summed E-state index contributed by atoms with van der Waals surface area (Å²) in [5, 5.41) is 10.8. The van der Waals surface area contributed by atoms with E-state index in [4.69, 9.17) is 14.4 Å². The van der Waals surface area contributed by atoms with Crippen LogP contribution in [0.1, 0.15) is 51.7 Å². The molecule has 9 aromatic carbocycles. The first-order valence-corrected chi connectivity index (χ1v) is 23.5. The maximum absolute atomic E-state index is 6.75. The van der Waals surface area contributed by atoms with E-state index in [2.05, 4.69) is 207 Å². The van der Waals surface area contributed by atoms with Crippen molar-refractivity contribution in [2.75, 3.05) is 0 Å². The van der Waals surface area contributed by atoms with Crippen molar-refractivity contribution in [2.45, 2.75) is 51.4 Å². The number of nitrogens with zero attached hydrogens (tertiary/aromatic N) is 4. The number of rotatable bonds is 4. The molecule has 13 aromatic rings.